The SMILES string of the molecule is CC(C)(C)OC(=O)N[C@@H]1CCC[C@@H]1C(F)F. The Morgan fingerprint density at radius 2 is 2.00 bits per heavy atom. The number of amides is 1. The minimum Gasteiger partial charge on any atom is -0.444 e. The van der Waals surface area contributed by atoms with Crippen LogP contribution in [0.25, 0.3) is 0 Å². The molecule has 0 unspecified atom stereocenters. The minimum atomic E-state index is -2.37. The second-order valence-electron chi connectivity index (χ2n) is 5.18. The molecule has 5 heteroatoms. The van der Waals surface area contributed by atoms with Crippen molar-refractivity contribution in [2.24, 2.45) is 5.92 Å². The van der Waals surface area contributed by atoms with Gasteiger partial charge in [-0.25, -0.2) is 13.6 Å². The third-order valence-electron chi connectivity index (χ3n) is 2.60. The summed E-state index contributed by atoms with van der Waals surface area (Å²) in [6.07, 6.45) is -1.17. The maximum absolute atomic E-state index is 12.6. The van der Waals surface area contributed by atoms with E-state index in [9.17, 15) is 13.6 Å². The number of hydrogen-bond acceptors (Lipinski definition) is 2. The topological polar surface area (TPSA) is 38.3 Å². The third kappa shape index (κ3) is 3.94. The first-order chi connectivity index (χ1) is 7.29. The highest BCUT2D eigenvalue weighted by atomic mass is 19.3. The maximum Gasteiger partial charge on any atom is 0.407 e. The smallest absolute Gasteiger partial charge is 0.407 e. The molecule has 0 aromatic carbocycles. The number of hydrogen-bond donors (Lipinski definition) is 1. The zero-order valence-electron chi connectivity index (χ0n) is 9.93. The first-order valence-electron chi connectivity index (χ1n) is 5.57. The number of rotatable bonds is 2. The predicted octanol–water partition coefficient (Wildman–Crippen LogP) is 2.94. The molecule has 1 saturated carbocycles. The Bertz CT molecular complexity index is 251. The van der Waals surface area contributed by atoms with Crippen molar-refractivity contribution in [2.75, 3.05) is 0 Å². The monoisotopic (exact) mass is 235 g/mol. The summed E-state index contributed by atoms with van der Waals surface area (Å²) >= 11 is 0. The van der Waals surface area contributed by atoms with Crippen molar-refractivity contribution in [3.63, 3.8) is 0 Å². The van der Waals surface area contributed by atoms with E-state index in [2.05, 4.69) is 5.32 Å². The largest absolute Gasteiger partial charge is 0.444 e. The molecule has 94 valence electrons. The van der Waals surface area contributed by atoms with Gasteiger partial charge in [-0.05, 0) is 33.6 Å². The highest BCUT2D eigenvalue weighted by Crippen LogP contribution is 2.30. The fourth-order valence-electron chi connectivity index (χ4n) is 1.93. The summed E-state index contributed by atoms with van der Waals surface area (Å²) in [4.78, 5) is 11.4. The van der Waals surface area contributed by atoms with Crippen molar-refractivity contribution < 1.29 is 18.3 Å². The van der Waals surface area contributed by atoms with Gasteiger partial charge in [0.05, 0.1) is 0 Å². The van der Waals surface area contributed by atoms with Gasteiger partial charge in [-0.1, -0.05) is 6.42 Å². The Labute approximate surface area is 94.5 Å². The van der Waals surface area contributed by atoms with Crippen LogP contribution in [0.5, 0.6) is 0 Å². The lowest BCUT2D eigenvalue weighted by molar-refractivity contribution is 0.0383. The molecule has 1 aliphatic carbocycles. The van der Waals surface area contributed by atoms with Gasteiger partial charge in [-0.15, -0.1) is 0 Å². The van der Waals surface area contributed by atoms with Gasteiger partial charge in [0.25, 0.3) is 0 Å². The predicted molar refractivity (Wildman–Crippen MR) is 56.5 cm³/mol. The number of alkyl halides is 2. The van der Waals surface area contributed by atoms with Gasteiger partial charge in [-0.3, -0.25) is 0 Å². The summed E-state index contributed by atoms with van der Waals surface area (Å²) < 4.78 is 30.2. The molecule has 1 fully saturated rings. The van der Waals surface area contributed by atoms with Crippen molar-refractivity contribution in [2.45, 2.75) is 58.1 Å². The molecule has 16 heavy (non-hydrogen) atoms. The lowest BCUT2D eigenvalue weighted by atomic mass is 10.1. The lowest BCUT2D eigenvalue weighted by Gasteiger charge is -2.24. The van der Waals surface area contributed by atoms with Gasteiger partial charge in [0.1, 0.15) is 5.60 Å². The Balaban J connectivity index is 2.44. The van der Waals surface area contributed by atoms with E-state index in [1.54, 1.807) is 20.8 Å². The average Bonchev–Trinajstić information content (AvgIpc) is 2.47. The van der Waals surface area contributed by atoms with Gasteiger partial charge < -0.3 is 10.1 Å². The summed E-state index contributed by atoms with van der Waals surface area (Å²) in [6.45, 7) is 5.23. The molecule has 1 rings (SSSR count). The van der Waals surface area contributed by atoms with Crippen LogP contribution in [-0.4, -0.2) is 24.2 Å². The van der Waals surface area contributed by atoms with Crippen LogP contribution in [-0.2, 0) is 4.74 Å². The molecular formula is C11H19F2NO2. The van der Waals surface area contributed by atoms with Crippen LogP contribution in [0.15, 0.2) is 0 Å². The van der Waals surface area contributed by atoms with E-state index < -0.39 is 30.1 Å². The highest BCUT2D eigenvalue weighted by Gasteiger charge is 2.35. The Kier molecular flexibility index (Phi) is 4.10. The molecule has 0 radical (unpaired) electrons. The van der Waals surface area contributed by atoms with Crippen LogP contribution >= 0.6 is 0 Å². The van der Waals surface area contributed by atoms with Gasteiger partial charge in [0.2, 0.25) is 6.43 Å². The summed E-state index contributed by atoms with van der Waals surface area (Å²) in [5.74, 6) is -0.729. The van der Waals surface area contributed by atoms with E-state index in [-0.39, 0.29) is 0 Å². The molecule has 0 spiro atoms. The molecular weight excluding hydrogens is 216 g/mol. The quantitative estimate of drug-likeness (QED) is 0.799. The Hall–Kier alpha value is -0.870. The fraction of sp³-hybridized carbons (Fsp3) is 0.909. The van der Waals surface area contributed by atoms with Crippen LogP contribution in [0.2, 0.25) is 0 Å². The van der Waals surface area contributed by atoms with Crippen molar-refractivity contribution in [3.8, 4) is 0 Å². The fourth-order valence-corrected chi connectivity index (χ4v) is 1.93. The molecule has 1 amide bonds. The van der Waals surface area contributed by atoms with Crippen LogP contribution in [0.3, 0.4) is 0 Å². The molecule has 0 aromatic heterocycles. The van der Waals surface area contributed by atoms with Crippen molar-refractivity contribution in [1.82, 2.24) is 5.32 Å². The standard InChI is InChI=1S/C11H19F2NO2/c1-11(2,3)16-10(15)14-8-6-4-5-7(8)9(12)13/h7-9H,4-6H2,1-3H3,(H,14,15)/t7-,8+/m0/s1. The van der Waals surface area contributed by atoms with E-state index in [0.717, 1.165) is 6.42 Å². The summed E-state index contributed by atoms with van der Waals surface area (Å²) in [5, 5.41) is 2.53. The zero-order chi connectivity index (χ0) is 12.3. The first-order valence-corrected chi connectivity index (χ1v) is 5.57. The molecule has 2 atom stereocenters. The van der Waals surface area contributed by atoms with E-state index in [0.29, 0.717) is 12.8 Å². The summed E-state index contributed by atoms with van der Waals surface area (Å²) in [6, 6.07) is -0.449. The molecule has 3 nitrogen and oxygen atoms in total. The molecule has 0 heterocycles. The highest BCUT2D eigenvalue weighted by molar-refractivity contribution is 5.68. The number of ether oxygens (including phenoxy) is 1. The zero-order valence-corrected chi connectivity index (χ0v) is 9.93. The van der Waals surface area contributed by atoms with Gasteiger partial charge in [-0.2, -0.15) is 0 Å². The van der Waals surface area contributed by atoms with Crippen molar-refractivity contribution in [3.05, 3.63) is 0 Å². The molecule has 0 saturated heterocycles. The number of nitrogens with one attached hydrogen (secondary N) is 1. The van der Waals surface area contributed by atoms with Crippen LogP contribution in [0, 0.1) is 5.92 Å². The van der Waals surface area contributed by atoms with E-state index >= 15 is 0 Å². The van der Waals surface area contributed by atoms with E-state index in [1.807, 2.05) is 0 Å². The first kappa shape index (κ1) is 13.2. The van der Waals surface area contributed by atoms with Crippen LogP contribution in [0.1, 0.15) is 40.0 Å². The number of alkyl carbamates (subject to hydrolysis) is 1. The molecule has 1 N–H and O–H groups in total. The van der Waals surface area contributed by atoms with Crippen molar-refractivity contribution in [1.29, 1.82) is 0 Å². The van der Waals surface area contributed by atoms with Gasteiger partial charge in [0.15, 0.2) is 0 Å². The van der Waals surface area contributed by atoms with Gasteiger partial charge >= 0.3 is 6.09 Å². The normalized spacial score (nSPS) is 25.9. The molecule has 0 bridgehead atoms. The Morgan fingerprint density at radius 3 is 2.50 bits per heavy atom. The third-order valence-corrected chi connectivity index (χ3v) is 2.60. The summed E-state index contributed by atoms with van der Waals surface area (Å²) in [7, 11) is 0. The van der Waals surface area contributed by atoms with Gasteiger partial charge in [0, 0.05) is 12.0 Å². The number of carbonyl (C=O) groups excluding carboxylic acids is 1. The van der Waals surface area contributed by atoms with Crippen molar-refractivity contribution >= 4 is 6.09 Å². The Morgan fingerprint density at radius 1 is 1.38 bits per heavy atom. The van der Waals surface area contributed by atoms with Crippen LogP contribution < -0.4 is 5.32 Å². The van der Waals surface area contributed by atoms with E-state index in [1.165, 1.54) is 0 Å². The molecule has 1 aliphatic rings. The maximum atomic E-state index is 12.6. The lowest BCUT2D eigenvalue weighted by Crippen LogP contribution is -2.42. The second kappa shape index (κ2) is 4.97. The van der Waals surface area contributed by atoms with Crippen LogP contribution in [0.4, 0.5) is 13.6 Å². The van der Waals surface area contributed by atoms with E-state index in [4.69, 9.17) is 4.74 Å². The summed E-state index contributed by atoms with van der Waals surface area (Å²) in [5.41, 5.74) is -0.594. The number of halogens is 2. The minimum absolute atomic E-state index is 0.449. The number of carbonyl (C=O) groups is 1. The molecule has 0 aliphatic heterocycles. The second-order valence-corrected chi connectivity index (χ2v) is 5.18. The molecule has 0 aromatic rings. The average molecular weight is 235 g/mol.